The second kappa shape index (κ2) is 6.00. The molecule has 3 aromatic rings. The summed E-state index contributed by atoms with van der Waals surface area (Å²) in [7, 11) is 0. The van der Waals surface area contributed by atoms with E-state index < -0.39 is 0 Å². The highest BCUT2D eigenvalue weighted by Gasteiger charge is 2.17. The molecule has 21 heavy (non-hydrogen) atoms. The van der Waals surface area contributed by atoms with Crippen LogP contribution >= 0.6 is 22.7 Å². The standard InChI is InChI=1S/C17H17NOS2/c1-3-18(11-14-5-4-8-20-14)17(19)16-10-13-9-12(2)6-7-15(13)21-16/h4-10H,3,11H2,1-2H3. The smallest absolute Gasteiger partial charge is 0.264 e. The fourth-order valence-electron chi connectivity index (χ4n) is 2.34. The molecule has 0 aliphatic carbocycles. The Morgan fingerprint density at radius 1 is 1.24 bits per heavy atom. The summed E-state index contributed by atoms with van der Waals surface area (Å²) in [4.78, 5) is 16.7. The number of hydrogen-bond acceptors (Lipinski definition) is 3. The second-order valence-electron chi connectivity index (χ2n) is 5.05. The number of rotatable bonds is 4. The average Bonchev–Trinajstić information content (AvgIpc) is 3.12. The summed E-state index contributed by atoms with van der Waals surface area (Å²) in [5.41, 5.74) is 1.23. The van der Waals surface area contributed by atoms with E-state index in [1.165, 1.54) is 15.1 Å². The van der Waals surface area contributed by atoms with Gasteiger partial charge in [0.15, 0.2) is 0 Å². The van der Waals surface area contributed by atoms with E-state index in [-0.39, 0.29) is 5.91 Å². The molecule has 4 heteroatoms. The number of carbonyl (C=O) groups excluding carboxylic acids is 1. The number of nitrogens with zero attached hydrogens (tertiary/aromatic N) is 1. The van der Waals surface area contributed by atoms with E-state index in [0.29, 0.717) is 6.54 Å². The van der Waals surface area contributed by atoms with E-state index in [1.807, 2.05) is 24.0 Å². The largest absolute Gasteiger partial charge is 0.333 e. The predicted molar refractivity (Wildman–Crippen MR) is 91.3 cm³/mol. The topological polar surface area (TPSA) is 20.3 Å². The van der Waals surface area contributed by atoms with Crippen molar-refractivity contribution in [2.45, 2.75) is 20.4 Å². The number of hydrogen-bond donors (Lipinski definition) is 0. The van der Waals surface area contributed by atoms with Gasteiger partial charge in [0, 0.05) is 16.1 Å². The first-order chi connectivity index (χ1) is 10.2. The zero-order chi connectivity index (χ0) is 14.8. The third kappa shape index (κ3) is 3.01. The Bertz CT molecular complexity index is 758. The monoisotopic (exact) mass is 315 g/mol. The minimum absolute atomic E-state index is 0.129. The van der Waals surface area contributed by atoms with Crippen molar-refractivity contribution in [1.82, 2.24) is 4.90 Å². The van der Waals surface area contributed by atoms with Gasteiger partial charge in [0.25, 0.3) is 5.91 Å². The lowest BCUT2D eigenvalue weighted by molar-refractivity contribution is 0.0759. The van der Waals surface area contributed by atoms with Gasteiger partial charge in [-0.15, -0.1) is 22.7 Å². The molecule has 2 heterocycles. The van der Waals surface area contributed by atoms with E-state index in [2.05, 4.69) is 36.6 Å². The Morgan fingerprint density at radius 3 is 2.81 bits per heavy atom. The molecule has 0 bridgehead atoms. The molecule has 1 amide bonds. The number of thiophene rings is 2. The highest BCUT2D eigenvalue weighted by Crippen LogP contribution is 2.28. The first kappa shape index (κ1) is 14.3. The van der Waals surface area contributed by atoms with Crippen LogP contribution in [0.25, 0.3) is 10.1 Å². The number of fused-ring (bicyclic) bond motifs is 1. The molecule has 108 valence electrons. The fraction of sp³-hybridized carbons (Fsp3) is 0.235. The zero-order valence-corrected chi connectivity index (χ0v) is 13.8. The second-order valence-corrected chi connectivity index (χ2v) is 7.17. The molecule has 0 saturated heterocycles. The molecular weight excluding hydrogens is 298 g/mol. The van der Waals surface area contributed by atoms with Gasteiger partial charge in [0.05, 0.1) is 11.4 Å². The van der Waals surface area contributed by atoms with E-state index in [9.17, 15) is 4.79 Å². The highest BCUT2D eigenvalue weighted by atomic mass is 32.1. The lowest BCUT2D eigenvalue weighted by atomic mass is 10.2. The van der Waals surface area contributed by atoms with Crippen LogP contribution in [0.4, 0.5) is 0 Å². The SMILES string of the molecule is CCN(Cc1cccs1)C(=O)c1cc2cc(C)ccc2s1. The Kier molecular flexibility index (Phi) is 4.08. The first-order valence-electron chi connectivity index (χ1n) is 6.99. The van der Waals surface area contributed by atoms with Gasteiger partial charge in [-0.25, -0.2) is 0 Å². The molecular formula is C17H17NOS2. The van der Waals surface area contributed by atoms with Gasteiger partial charge in [0.2, 0.25) is 0 Å². The lowest BCUT2D eigenvalue weighted by Gasteiger charge is -2.19. The number of benzene rings is 1. The summed E-state index contributed by atoms with van der Waals surface area (Å²) >= 11 is 3.28. The van der Waals surface area contributed by atoms with Crippen molar-refractivity contribution in [1.29, 1.82) is 0 Å². The van der Waals surface area contributed by atoms with Gasteiger partial charge in [-0.3, -0.25) is 4.79 Å². The fourth-order valence-corrected chi connectivity index (χ4v) is 4.07. The molecule has 1 aromatic carbocycles. The molecule has 2 nitrogen and oxygen atoms in total. The maximum absolute atomic E-state index is 12.7. The Labute approximate surface area is 132 Å². The van der Waals surface area contributed by atoms with Crippen molar-refractivity contribution in [3.63, 3.8) is 0 Å². The Hall–Kier alpha value is -1.65. The predicted octanol–water partition coefficient (Wildman–Crippen LogP) is 4.93. The van der Waals surface area contributed by atoms with E-state index in [0.717, 1.165) is 16.8 Å². The lowest BCUT2D eigenvalue weighted by Crippen LogP contribution is -2.29. The van der Waals surface area contributed by atoms with Crippen LogP contribution in [-0.2, 0) is 6.54 Å². The number of aryl methyl sites for hydroxylation is 1. The van der Waals surface area contributed by atoms with Crippen molar-refractivity contribution < 1.29 is 4.79 Å². The Balaban J connectivity index is 1.87. The van der Waals surface area contributed by atoms with Crippen LogP contribution in [0.15, 0.2) is 41.8 Å². The van der Waals surface area contributed by atoms with Crippen LogP contribution in [0, 0.1) is 6.92 Å². The van der Waals surface area contributed by atoms with Gasteiger partial charge in [0.1, 0.15) is 0 Å². The van der Waals surface area contributed by atoms with Crippen molar-refractivity contribution in [2.24, 2.45) is 0 Å². The minimum Gasteiger partial charge on any atom is -0.333 e. The van der Waals surface area contributed by atoms with Crippen LogP contribution in [0.2, 0.25) is 0 Å². The van der Waals surface area contributed by atoms with Gasteiger partial charge in [-0.05, 0) is 42.8 Å². The highest BCUT2D eigenvalue weighted by molar-refractivity contribution is 7.20. The van der Waals surface area contributed by atoms with Crippen LogP contribution < -0.4 is 0 Å². The van der Waals surface area contributed by atoms with Crippen molar-refractivity contribution in [3.8, 4) is 0 Å². The van der Waals surface area contributed by atoms with Crippen molar-refractivity contribution >= 4 is 38.7 Å². The third-order valence-corrected chi connectivity index (χ3v) is 5.44. The van der Waals surface area contributed by atoms with Gasteiger partial charge < -0.3 is 4.90 Å². The van der Waals surface area contributed by atoms with E-state index >= 15 is 0 Å². The van der Waals surface area contributed by atoms with E-state index in [4.69, 9.17) is 0 Å². The molecule has 0 radical (unpaired) electrons. The average molecular weight is 315 g/mol. The normalized spacial score (nSPS) is 11.0. The molecule has 2 aromatic heterocycles. The van der Waals surface area contributed by atoms with Crippen molar-refractivity contribution in [2.75, 3.05) is 6.54 Å². The van der Waals surface area contributed by atoms with Gasteiger partial charge in [-0.2, -0.15) is 0 Å². The molecule has 0 fully saturated rings. The third-order valence-electron chi connectivity index (χ3n) is 3.48. The minimum atomic E-state index is 0.129. The van der Waals surface area contributed by atoms with Crippen LogP contribution in [0.3, 0.4) is 0 Å². The van der Waals surface area contributed by atoms with Gasteiger partial charge in [-0.1, -0.05) is 23.8 Å². The molecule has 0 N–H and O–H groups in total. The van der Waals surface area contributed by atoms with Crippen LogP contribution in [0.5, 0.6) is 0 Å². The zero-order valence-electron chi connectivity index (χ0n) is 12.1. The van der Waals surface area contributed by atoms with E-state index in [1.54, 1.807) is 22.7 Å². The molecule has 0 spiro atoms. The maximum atomic E-state index is 12.7. The molecule has 0 aliphatic heterocycles. The summed E-state index contributed by atoms with van der Waals surface area (Å²) in [6.45, 7) is 5.53. The van der Waals surface area contributed by atoms with Crippen LogP contribution in [0.1, 0.15) is 27.0 Å². The molecule has 0 unspecified atom stereocenters. The van der Waals surface area contributed by atoms with Gasteiger partial charge >= 0.3 is 0 Å². The first-order valence-corrected chi connectivity index (χ1v) is 8.69. The molecule has 0 saturated carbocycles. The van der Waals surface area contributed by atoms with Crippen LogP contribution in [-0.4, -0.2) is 17.4 Å². The number of carbonyl (C=O) groups is 1. The number of amides is 1. The summed E-state index contributed by atoms with van der Waals surface area (Å²) < 4.78 is 1.18. The molecule has 0 aliphatic rings. The summed E-state index contributed by atoms with van der Waals surface area (Å²) in [5, 5.41) is 3.21. The maximum Gasteiger partial charge on any atom is 0.264 e. The summed E-state index contributed by atoms with van der Waals surface area (Å²) in [6, 6.07) is 12.5. The summed E-state index contributed by atoms with van der Waals surface area (Å²) in [5.74, 6) is 0.129. The molecule has 3 rings (SSSR count). The Morgan fingerprint density at radius 2 is 2.10 bits per heavy atom. The summed E-state index contributed by atoms with van der Waals surface area (Å²) in [6.07, 6.45) is 0. The van der Waals surface area contributed by atoms with Crippen molar-refractivity contribution in [3.05, 3.63) is 57.1 Å². The quantitative estimate of drug-likeness (QED) is 0.668. The molecule has 0 atom stereocenters.